The molecular formula is C16H19N3O5S. The Morgan fingerprint density at radius 2 is 1.96 bits per heavy atom. The SMILES string of the molecule is NS(=O)(=O)OC[C@@H]1C[C@@H](Oc2cc(-c3ccccc3)ncn2)C[C@@H]1O. The van der Waals surface area contributed by atoms with E-state index in [2.05, 4.69) is 14.2 Å². The molecule has 0 saturated heterocycles. The molecule has 3 N–H and O–H groups in total. The van der Waals surface area contributed by atoms with Gasteiger partial charge in [0.05, 0.1) is 18.4 Å². The van der Waals surface area contributed by atoms with Crippen LogP contribution in [0.5, 0.6) is 5.88 Å². The van der Waals surface area contributed by atoms with E-state index in [-0.39, 0.29) is 18.6 Å². The fourth-order valence-electron chi connectivity index (χ4n) is 2.85. The largest absolute Gasteiger partial charge is 0.474 e. The summed E-state index contributed by atoms with van der Waals surface area (Å²) in [6.07, 6.45) is 1.22. The van der Waals surface area contributed by atoms with Crippen LogP contribution in [-0.4, -0.2) is 42.3 Å². The van der Waals surface area contributed by atoms with Crippen molar-refractivity contribution >= 4 is 10.3 Å². The van der Waals surface area contributed by atoms with E-state index in [1.807, 2.05) is 30.3 Å². The van der Waals surface area contributed by atoms with Gasteiger partial charge >= 0.3 is 10.3 Å². The third kappa shape index (κ3) is 4.95. The highest BCUT2D eigenvalue weighted by atomic mass is 32.2. The molecule has 0 amide bonds. The van der Waals surface area contributed by atoms with Crippen LogP contribution >= 0.6 is 0 Å². The fraction of sp³-hybridized carbons (Fsp3) is 0.375. The molecule has 0 aliphatic heterocycles. The van der Waals surface area contributed by atoms with Crippen LogP contribution in [0.3, 0.4) is 0 Å². The number of aliphatic hydroxyl groups is 1. The Morgan fingerprint density at radius 3 is 2.68 bits per heavy atom. The van der Waals surface area contributed by atoms with E-state index in [0.29, 0.717) is 18.7 Å². The van der Waals surface area contributed by atoms with Crippen LogP contribution in [0.1, 0.15) is 12.8 Å². The Kier molecular flexibility index (Phi) is 5.28. The summed E-state index contributed by atoms with van der Waals surface area (Å²) in [5, 5.41) is 14.8. The Bertz CT molecular complexity index is 816. The van der Waals surface area contributed by atoms with Gasteiger partial charge in [0.2, 0.25) is 5.88 Å². The molecule has 9 heteroatoms. The van der Waals surface area contributed by atoms with E-state index in [1.165, 1.54) is 6.33 Å². The highest BCUT2D eigenvalue weighted by Crippen LogP contribution is 2.30. The molecule has 1 aliphatic rings. The van der Waals surface area contributed by atoms with Gasteiger partial charge < -0.3 is 9.84 Å². The second-order valence-electron chi connectivity index (χ2n) is 5.92. The van der Waals surface area contributed by atoms with E-state index in [9.17, 15) is 13.5 Å². The first-order chi connectivity index (χ1) is 11.9. The zero-order valence-corrected chi connectivity index (χ0v) is 14.2. The van der Waals surface area contributed by atoms with Crippen molar-refractivity contribution in [1.29, 1.82) is 0 Å². The molecular weight excluding hydrogens is 346 g/mol. The number of nitrogens with two attached hydrogens (primary N) is 1. The van der Waals surface area contributed by atoms with Crippen molar-refractivity contribution in [2.75, 3.05) is 6.61 Å². The summed E-state index contributed by atoms with van der Waals surface area (Å²) in [6.45, 7) is -0.168. The molecule has 2 aromatic rings. The molecule has 0 unspecified atom stereocenters. The molecule has 3 rings (SSSR count). The summed E-state index contributed by atoms with van der Waals surface area (Å²) in [4.78, 5) is 8.33. The van der Waals surface area contributed by atoms with Gasteiger partial charge in [0.15, 0.2) is 0 Å². The van der Waals surface area contributed by atoms with E-state index in [1.54, 1.807) is 6.07 Å². The molecule has 25 heavy (non-hydrogen) atoms. The highest BCUT2D eigenvalue weighted by molar-refractivity contribution is 7.84. The maximum Gasteiger partial charge on any atom is 0.333 e. The van der Waals surface area contributed by atoms with Crippen LogP contribution in [0.15, 0.2) is 42.7 Å². The Hall–Kier alpha value is -2.07. The Balaban J connectivity index is 1.63. The predicted octanol–water partition coefficient (Wildman–Crippen LogP) is 0.882. The van der Waals surface area contributed by atoms with Gasteiger partial charge in [0.25, 0.3) is 0 Å². The van der Waals surface area contributed by atoms with Gasteiger partial charge in [-0.15, -0.1) is 0 Å². The van der Waals surface area contributed by atoms with Crippen molar-refractivity contribution < 1.29 is 22.4 Å². The summed E-state index contributed by atoms with van der Waals surface area (Å²) >= 11 is 0. The number of benzene rings is 1. The van der Waals surface area contributed by atoms with E-state index < -0.39 is 16.4 Å². The minimum absolute atomic E-state index is 0.168. The van der Waals surface area contributed by atoms with Crippen molar-refractivity contribution in [2.45, 2.75) is 25.0 Å². The van der Waals surface area contributed by atoms with E-state index in [0.717, 1.165) is 11.3 Å². The van der Waals surface area contributed by atoms with Crippen LogP contribution < -0.4 is 9.88 Å². The third-order valence-electron chi connectivity index (χ3n) is 4.06. The van der Waals surface area contributed by atoms with Gasteiger partial charge in [0.1, 0.15) is 12.4 Å². The second kappa shape index (κ2) is 7.44. The Labute approximate surface area is 145 Å². The number of aliphatic hydroxyl groups excluding tert-OH is 1. The zero-order valence-electron chi connectivity index (χ0n) is 13.4. The number of ether oxygens (including phenoxy) is 1. The van der Waals surface area contributed by atoms with Crippen LogP contribution in [0.2, 0.25) is 0 Å². The van der Waals surface area contributed by atoms with Crippen LogP contribution in [0.4, 0.5) is 0 Å². The van der Waals surface area contributed by atoms with Gasteiger partial charge in [-0.3, -0.25) is 4.18 Å². The van der Waals surface area contributed by atoms with Crippen molar-refractivity contribution in [1.82, 2.24) is 9.97 Å². The van der Waals surface area contributed by atoms with Crippen LogP contribution in [0, 0.1) is 5.92 Å². The van der Waals surface area contributed by atoms with Crippen molar-refractivity contribution in [3.05, 3.63) is 42.7 Å². The molecule has 8 nitrogen and oxygen atoms in total. The molecule has 1 heterocycles. The molecule has 0 radical (unpaired) electrons. The maximum absolute atomic E-state index is 10.9. The molecule has 1 fully saturated rings. The van der Waals surface area contributed by atoms with Crippen molar-refractivity contribution in [3.63, 3.8) is 0 Å². The lowest BCUT2D eigenvalue weighted by atomic mass is 10.1. The molecule has 3 atom stereocenters. The number of hydrogen-bond acceptors (Lipinski definition) is 7. The molecule has 1 aromatic carbocycles. The van der Waals surface area contributed by atoms with Gasteiger partial charge in [-0.25, -0.2) is 15.1 Å². The number of rotatable bonds is 6. The van der Waals surface area contributed by atoms with Crippen LogP contribution in [0.25, 0.3) is 11.3 Å². The first-order valence-corrected chi connectivity index (χ1v) is 9.27. The Morgan fingerprint density at radius 1 is 1.20 bits per heavy atom. The first-order valence-electron chi connectivity index (χ1n) is 7.80. The summed E-state index contributed by atoms with van der Waals surface area (Å²) in [5.41, 5.74) is 1.68. The topological polar surface area (TPSA) is 125 Å². The zero-order chi connectivity index (χ0) is 17.9. The molecule has 1 aliphatic carbocycles. The summed E-state index contributed by atoms with van der Waals surface area (Å²) in [6, 6.07) is 11.4. The summed E-state index contributed by atoms with van der Waals surface area (Å²) < 4.78 is 32.1. The van der Waals surface area contributed by atoms with Crippen LogP contribution in [-0.2, 0) is 14.5 Å². The lowest BCUT2D eigenvalue weighted by Gasteiger charge is -2.13. The third-order valence-corrected chi connectivity index (χ3v) is 4.52. The average molecular weight is 365 g/mol. The predicted molar refractivity (Wildman–Crippen MR) is 89.7 cm³/mol. The minimum Gasteiger partial charge on any atom is -0.474 e. The minimum atomic E-state index is -4.02. The summed E-state index contributed by atoms with van der Waals surface area (Å²) in [5.74, 6) is 0.0397. The van der Waals surface area contributed by atoms with Crippen molar-refractivity contribution in [2.24, 2.45) is 11.1 Å². The fourth-order valence-corrected chi connectivity index (χ4v) is 3.22. The quantitative estimate of drug-likeness (QED) is 0.778. The normalized spacial score (nSPS) is 23.5. The van der Waals surface area contributed by atoms with Gasteiger partial charge in [-0.1, -0.05) is 30.3 Å². The molecule has 1 aromatic heterocycles. The number of nitrogens with zero attached hydrogens (tertiary/aromatic N) is 2. The first kappa shape index (κ1) is 17.7. The standard InChI is InChI=1S/C16H19N3O5S/c17-25(21,22)23-9-12-6-13(7-15(12)20)24-16-8-14(18-10-19-16)11-4-2-1-3-5-11/h1-5,8,10,12-13,15,20H,6-7,9H2,(H2,17,21,22)/t12-,13+,15-/m0/s1. The lowest BCUT2D eigenvalue weighted by molar-refractivity contribution is 0.0986. The second-order valence-corrected chi connectivity index (χ2v) is 7.14. The lowest BCUT2D eigenvalue weighted by Crippen LogP contribution is -2.24. The molecule has 0 spiro atoms. The number of aromatic nitrogens is 2. The highest BCUT2D eigenvalue weighted by Gasteiger charge is 2.35. The van der Waals surface area contributed by atoms with Crippen molar-refractivity contribution in [3.8, 4) is 17.1 Å². The molecule has 134 valence electrons. The van der Waals surface area contributed by atoms with Gasteiger partial charge in [0, 0.05) is 24.0 Å². The van der Waals surface area contributed by atoms with Gasteiger partial charge in [-0.05, 0) is 6.42 Å². The number of hydrogen-bond donors (Lipinski definition) is 2. The molecule has 0 bridgehead atoms. The van der Waals surface area contributed by atoms with E-state index in [4.69, 9.17) is 9.88 Å². The molecule has 1 saturated carbocycles. The monoisotopic (exact) mass is 365 g/mol. The summed E-state index contributed by atoms with van der Waals surface area (Å²) in [7, 11) is -4.02. The van der Waals surface area contributed by atoms with Gasteiger partial charge in [-0.2, -0.15) is 8.42 Å². The smallest absolute Gasteiger partial charge is 0.333 e. The van der Waals surface area contributed by atoms with E-state index >= 15 is 0 Å². The maximum atomic E-state index is 10.9. The average Bonchev–Trinajstić information content (AvgIpc) is 2.93.